The number of thiol groups is 1. The summed E-state index contributed by atoms with van der Waals surface area (Å²) in [6, 6.07) is -1.62. The van der Waals surface area contributed by atoms with E-state index in [0.29, 0.717) is 6.42 Å². The van der Waals surface area contributed by atoms with Gasteiger partial charge in [0.15, 0.2) is 0 Å². The molecule has 2 atom stereocenters. The minimum absolute atomic E-state index is 0.0519. The Morgan fingerprint density at radius 3 is 2.60 bits per heavy atom. The van der Waals surface area contributed by atoms with Crippen LogP contribution >= 0.6 is 24.4 Å². The molecule has 88 valence electrons. The Morgan fingerprint density at radius 2 is 2.20 bits per heavy atom. The highest BCUT2D eigenvalue weighted by molar-refractivity contribution is 7.98. The number of carboxylic acid groups (broad SMARTS) is 1. The third-order valence-corrected chi connectivity index (χ3v) is 2.78. The SMILES string of the molecule is CSCC[C@H](N)C(=O)N[C@@H](CS)C(=O)O. The smallest absolute Gasteiger partial charge is 0.327 e. The number of thioether (sulfide) groups is 1. The molecule has 0 spiro atoms. The van der Waals surface area contributed by atoms with Gasteiger partial charge in [0.05, 0.1) is 6.04 Å². The Hall–Kier alpha value is -0.400. The van der Waals surface area contributed by atoms with Gasteiger partial charge in [-0.25, -0.2) is 4.79 Å². The highest BCUT2D eigenvalue weighted by Crippen LogP contribution is 1.99. The molecule has 7 heteroatoms. The van der Waals surface area contributed by atoms with Gasteiger partial charge in [0.2, 0.25) is 5.91 Å². The normalized spacial score (nSPS) is 14.3. The summed E-state index contributed by atoms with van der Waals surface area (Å²) >= 11 is 5.41. The summed E-state index contributed by atoms with van der Waals surface area (Å²) in [5.41, 5.74) is 5.56. The summed E-state index contributed by atoms with van der Waals surface area (Å²) < 4.78 is 0. The number of amides is 1. The van der Waals surface area contributed by atoms with Crippen molar-refractivity contribution < 1.29 is 14.7 Å². The molecular weight excluding hydrogens is 236 g/mol. The fraction of sp³-hybridized carbons (Fsp3) is 0.750. The highest BCUT2D eigenvalue weighted by atomic mass is 32.2. The maximum atomic E-state index is 11.4. The van der Waals surface area contributed by atoms with Crippen LogP contribution in [0, 0.1) is 0 Å². The van der Waals surface area contributed by atoms with Crippen molar-refractivity contribution in [1.29, 1.82) is 0 Å². The maximum absolute atomic E-state index is 11.4. The molecule has 1 amide bonds. The number of rotatable bonds is 7. The van der Waals surface area contributed by atoms with E-state index >= 15 is 0 Å². The summed E-state index contributed by atoms with van der Waals surface area (Å²) in [6.45, 7) is 0. The predicted molar refractivity (Wildman–Crippen MR) is 64.4 cm³/mol. The van der Waals surface area contributed by atoms with Crippen molar-refractivity contribution in [2.75, 3.05) is 17.8 Å². The van der Waals surface area contributed by atoms with Gasteiger partial charge in [-0.1, -0.05) is 0 Å². The molecular formula is C8H16N2O3S2. The van der Waals surface area contributed by atoms with Crippen molar-refractivity contribution in [2.45, 2.75) is 18.5 Å². The first kappa shape index (κ1) is 14.6. The molecule has 0 saturated carbocycles. The van der Waals surface area contributed by atoms with Crippen LogP contribution in [0.1, 0.15) is 6.42 Å². The zero-order valence-corrected chi connectivity index (χ0v) is 10.2. The van der Waals surface area contributed by atoms with Crippen LogP contribution in [0.2, 0.25) is 0 Å². The van der Waals surface area contributed by atoms with E-state index < -0.39 is 24.0 Å². The molecule has 0 aromatic carbocycles. The Balaban J connectivity index is 4.04. The average Bonchev–Trinajstić information content (AvgIpc) is 2.21. The molecule has 0 fully saturated rings. The molecule has 0 saturated heterocycles. The summed E-state index contributed by atoms with van der Waals surface area (Å²) in [7, 11) is 0. The lowest BCUT2D eigenvalue weighted by Crippen LogP contribution is -2.49. The molecule has 0 aliphatic heterocycles. The zero-order chi connectivity index (χ0) is 11.8. The van der Waals surface area contributed by atoms with E-state index in [9.17, 15) is 9.59 Å². The van der Waals surface area contributed by atoms with E-state index in [4.69, 9.17) is 10.8 Å². The number of nitrogens with one attached hydrogen (secondary N) is 1. The molecule has 0 aliphatic rings. The van der Waals surface area contributed by atoms with Crippen molar-refractivity contribution in [2.24, 2.45) is 5.73 Å². The summed E-state index contributed by atoms with van der Waals surface area (Å²) in [6.07, 6.45) is 2.45. The fourth-order valence-electron chi connectivity index (χ4n) is 0.840. The van der Waals surface area contributed by atoms with Crippen LogP contribution in [0.5, 0.6) is 0 Å². The Morgan fingerprint density at radius 1 is 1.60 bits per heavy atom. The first-order valence-electron chi connectivity index (χ1n) is 4.41. The lowest BCUT2D eigenvalue weighted by molar-refractivity contribution is -0.141. The van der Waals surface area contributed by atoms with Crippen molar-refractivity contribution in [3.63, 3.8) is 0 Å². The van der Waals surface area contributed by atoms with Crippen molar-refractivity contribution >= 4 is 36.3 Å². The third kappa shape index (κ3) is 5.91. The lowest BCUT2D eigenvalue weighted by atomic mass is 10.2. The second-order valence-electron chi connectivity index (χ2n) is 2.97. The van der Waals surface area contributed by atoms with Crippen LogP contribution in [-0.2, 0) is 9.59 Å². The average molecular weight is 252 g/mol. The molecule has 0 aromatic rings. The first-order chi connectivity index (χ1) is 7.02. The minimum atomic E-state index is -1.10. The monoisotopic (exact) mass is 252 g/mol. The highest BCUT2D eigenvalue weighted by Gasteiger charge is 2.21. The van der Waals surface area contributed by atoms with Crippen LogP contribution in [0.3, 0.4) is 0 Å². The second-order valence-corrected chi connectivity index (χ2v) is 4.32. The Bertz CT molecular complexity index is 226. The summed E-state index contributed by atoms with van der Waals surface area (Å²) in [4.78, 5) is 22.0. The second kappa shape index (κ2) is 7.84. The van der Waals surface area contributed by atoms with Crippen LogP contribution in [-0.4, -0.2) is 46.8 Å². The molecule has 5 nitrogen and oxygen atoms in total. The number of nitrogens with two attached hydrogens (primary N) is 1. The topological polar surface area (TPSA) is 92.4 Å². The summed E-state index contributed by atoms with van der Waals surface area (Å²) in [5, 5.41) is 11.0. The number of hydrogen-bond acceptors (Lipinski definition) is 5. The van der Waals surface area contributed by atoms with Crippen LogP contribution < -0.4 is 11.1 Å². The van der Waals surface area contributed by atoms with Crippen molar-refractivity contribution in [1.82, 2.24) is 5.32 Å². The standard InChI is InChI=1S/C8H16N2O3S2/c1-15-3-2-5(9)7(11)10-6(4-14)8(12)13/h5-6,14H,2-4,9H2,1H3,(H,10,11)(H,12,13)/t5-,6-/m0/s1. The van der Waals surface area contributed by atoms with E-state index in [0.717, 1.165) is 5.75 Å². The van der Waals surface area contributed by atoms with Gasteiger partial charge < -0.3 is 16.2 Å². The van der Waals surface area contributed by atoms with Gasteiger partial charge >= 0.3 is 5.97 Å². The van der Waals surface area contributed by atoms with Crippen LogP contribution in [0.25, 0.3) is 0 Å². The Labute approximate surface area is 98.6 Å². The molecule has 0 unspecified atom stereocenters. The molecule has 0 aromatic heterocycles. The maximum Gasteiger partial charge on any atom is 0.327 e. The number of hydrogen-bond donors (Lipinski definition) is 4. The molecule has 15 heavy (non-hydrogen) atoms. The van der Waals surface area contributed by atoms with E-state index in [2.05, 4.69) is 17.9 Å². The van der Waals surface area contributed by atoms with Crippen LogP contribution in [0.4, 0.5) is 0 Å². The molecule has 0 bridgehead atoms. The molecule has 0 heterocycles. The number of carboxylic acids is 1. The molecule has 0 rings (SSSR count). The van der Waals surface area contributed by atoms with Crippen LogP contribution in [0.15, 0.2) is 0 Å². The quantitative estimate of drug-likeness (QED) is 0.461. The van der Waals surface area contributed by atoms with E-state index in [1.54, 1.807) is 11.8 Å². The van der Waals surface area contributed by atoms with Crippen molar-refractivity contribution in [3.05, 3.63) is 0 Å². The van der Waals surface area contributed by atoms with Gasteiger partial charge in [-0.15, -0.1) is 0 Å². The summed E-state index contributed by atoms with van der Waals surface area (Å²) in [5.74, 6) is -0.718. The van der Waals surface area contributed by atoms with Gasteiger partial charge in [0.25, 0.3) is 0 Å². The zero-order valence-electron chi connectivity index (χ0n) is 8.47. The van der Waals surface area contributed by atoms with E-state index in [1.807, 2.05) is 6.26 Å². The van der Waals surface area contributed by atoms with Crippen molar-refractivity contribution in [3.8, 4) is 0 Å². The van der Waals surface area contributed by atoms with E-state index in [1.165, 1.54) is 0 Å². The number of carbonyl (C=O) groups is 2. The van der Waals surface area contributed by atoms with Gasteiger partial charge in [0, 0.05) is 5.75 Å². The lowest BCUT2D eigenvalue weighted by Gasteiger charge is -2.15. The fourth-order valence-corrected chi connectivity index (χ4v) is 1.58. The number of aliphatic carboxylic acids is 1. The van der Waals surface area contributed by atoms with Gasteiger partial charge in [-0.2, -0.15) is 24.4 Å². The predicted octanol–water partition coefficient (Wildman–Crippen LogP) is -0.434. The molecule has 0 radical (unpaired) electrons. The third-order valence-electron chi connectivity index (χ3n) is 1.77. The molecule has 4 N–H and O–H groups in total. The largest absolute Gasteiger partial charge is 0.480 e. The molecule has 0 aliphatic carbocycles. The first-order valence-corrected chi connectivity index (χ1v) is 6.44. The number of carbonyl (C=O) groups excluding carboxylic acids is 1. The Kier molecular flexibility index (Phi) is 7.63. The minimum Gasteiger partial charge on any atom is -0.480 e. The van der Waals surface area contributed by atoms with Gasteiger partial charge in [-0.05, 0) is 18.4 Å². The van der Waals surface area contributed by atoms with Gasteiger partial charge in [-0.3, -0.25) is 4.79 Å². The van der Waals surface area contributed by atoms with E-state index in [-0.39, 0.29) is 5.75 Å². The van der Waals surface area contributed by atoms with Gasteiger partial charge in [0.1, 0.15) is 6.04 Å².